The van der Waals surface area contributed by atoms with Gasteiger partial charge < -0.3 is 9.90 Å². The molecule has 1 rings (SSSR count). The van der Waals surface area contributed by atoms with E-state index in [0.717, 1.165) is 0 Å². The van der Waals surface area contributed by atoms with E-state index in [0.29, 0.717) is 0 Å². The van der Waals surface area contributed by atoms with Crippen molar-refractivity contribution in [2.24, 2.45) is 0 Å². The number of hydrogen-bond donors (Lipinski definition) is 0. The molecule has 0 aliphatic heterocycles. The van der Waals surface area contributed by atoms with Crippen LogP contribution in [0.1, 0.15) is 10.4 Å². The minimum atomic E-state index is -1.19. The van der Waals surface area contributed by atoms with Crippen LogP contribution in [0.25, 0.3) is 0 Å². The van der Waals surface area contributed by atoms with Crippen LogP contribution in [0.15, 0.2) is 24.5 Å². The van der Waals surface area contributed by atoms with E-state index < -0.39 is 5.97 Å². The molecule has 0 saturated heterocycles. The standard InChI is InChI=1S/C6H5NO2.Ag/c8-6(9)5-2-1-3-7-4-5;/h1-4H,(H,8,9);/q;+1/p-1. The van der Waals surface area contributed by atoms with Gasteiger partial charge in [0.15, 0.2) is 0 Å². The molecule has 0 amide bonds. The van der Waals surface area contributed by atoms with Crippen molar-refractivity contribution < 1.29 is 32.3 Å². The summed E-state index contributed by atoms with van der Waals surface area (Å²) in [6.45, 7) is 0. The van der Waals surface area contributed by atoms with Gasteiger partial charge in [-0.1, -0.05) is 6.07 Å². The van der Waals surface area contributed by atoms with Gasteiger partial charge in [-0.25, -0.2) is 0 Å². The summed E-state index contributed by atoms with van der Waals surface area (Å²) < 4.78 is 0. The maximum Gasteiger partial charge on any atom is 1.00 e. The van der Waals surface area contributed by atoms with E-state index >= 15 is 0 Å². The Labute approximate surface area is 73.6 Å². The molecular weight excluding hydrogens is 226 g/mol. The average molecular weight is 230 g/mol. The van der Waals surface area contributed by atoms with Crippen LogP contribution in [0.2, 0.25) is 0 Å². The van der Waals surface area contributed by atoms with Crippen LogP contribution in [0.3, 0.4) is 0 Å². The zero-order valence-corrected chi connectivity index (χ0v) is 6.36. The molecule has 1 heterocycles. The second-order valence-corrected chi connectivity index (χ2v) is 1.53. The molecule has 0 aliphatic rings. The number of carbonyl (C=O) groups excluding carboxylic acids is 1. The van der Waals surface area contributed by atoms with Gasteiger partial charge in [0.05, 0.1) is 5.97 Å². The number of carbonyl (C=O) groups is 1. The third-order valence-corrected chi connectivity index (χ3v) is 0.897. The third-order valence-electron chi connectivity index (χ3n) is 0.897. The zero-order valence-electron chi connectivity index (χ0n) is 4.87. The molecule has 56 valence electrons. The number of aromatic carboxylic acids is 1. The van der Waals surface area contributed by atoms with Crippen molar-refractivity contribution in [3.05, 3.63) is 30.1 Å². The molecule has 0 bridgehead atoms. The minimum absolute atomic E-state index is 0. The Balaban J connectivity index is 0.000000810. The van der Waals surface area contributed by atoms with Crippen molar-refractivity contribution in [3.8, 4) is 0 Å². The van der Waals surface area contributed by atoms with Gasteiger partial charge in [0.2, 0.25) is 0 Å². The maximum absolute atomic E-state index is 10.0. The second-order valence-electron chi connectivity index (χ2n) is 1.53. The molecule has 3 nitrogen and oxygen atoms in total. The smallest absolute Gasteiger partial charge is 0.545 e. The first-order valence-corrected chi connectivity index (χ1v) is 2.42. The number of carboxylic acid groups (broad SMARTS) is 1. The summed E-state index contributed by atoms with van der Waals surface area (Å²) in [6, 6.07) is 2.98. The van der Waals surface area contributed by atoms with Gasteiger partial charge in [0.1, 0.15) is 0 Å². The van der Waals surface area contributed by atoms with E-state index in [2.05, 4.69) is 4.98 Å². The molecule has 1 aromatic rings. The maximum atomic E-state index is 10.0. The number of aromatic nitrogens is 1. The van der Waals surface area contributed by atoms with Crippen molar-refractivity contribution in [2.45, 2.75) is 0 Å². The van der Waals surface area contributed by atoms with Gasteiger partial charge in [-0.05, 0) is 6.07 Å². The second kappa shape index (κ2) is 4.22. The number of pyridine rings is 1. The van der Waals surface area contributed by atoms with Crippen LogP contribution < -0.4 is 5.11 Å². The van der Waals surface area contributed by atoms with Crippen LogP contribution in [-0.2, 0) is 22.4 Å². The number of rotatable bonds is 1. The van der Waals surface area contributed by atoms with Crippen LogP contribution in [0.5, 0.6) is 0 Å². The normalized spacial score (nSPS) is 8.00. The van der Waals surface area contributed by atoms with Gasteiger partial charge in [0.25, 0.3) is 0 Å². The molecule has 0 unspecified atom stereocenters. The Bertz CT molecular complexity index is 212. The first-order valence-electron chi connectivity index (χ1n) is 2.42. The number of nitrogens with zero attached hydrogens (tertiary/aromatic N) is 1. The summed E-state index contributed by atoms with van der Waals surface area (Å²) in [6.07, 6.45) is 2.75. The fourth-order valence-electron chi connectivity index (χ4n) is 0.484. The van der Waals surface area contributed by atoms with Gasteiger partial charge >= 0.3 is 22.4 Å². The van der Waals surface area contributed by atoms with E-state index in [-0.39, 0.29) is 27.9 Å². The summed E-state index contributed by atoms with van der Waals surface area (Å²) in [5.74, 6) is -1.19. The first kappa shape index (κ1) is 9.36. The van der Waals surface area contributed by atoms with Crippen molar-refractivity contribution in [3.63, 3.8) is 0 Å². The Morgan fingerprint density at radius 3 is 2.60 bits per heavy atom. The molecule has 0 spiro atoms. The SMILES string of the molecule is O=C([O-])c1cccnc1.[Ag+]. The number of hydrogen-bond acceptors (Lipinski definition) is 3. The Morgan fingerprint density at radius 2 is 2.30 bits per heavy atom. The molecule has 0 aliphatic carbocycles. The minimum Gasteiger partial charge on any atom is -0.545 e. The Hall–Kier alpha value is -0.640. The van der Waals surface area contributed by atoms with Gasteiger partial charge in [-0.2, -0.15) is 0 Å². The largest absolute Gasteiger partial charge is 1.00 e. The summed E-state index contributed by atoms with van der Waals surface area (Å²) >= 11 is 0. The monoisotopic (exact) mass is 229 g/mol. The summed E-state index contributed by atoms with van der Waals surface area (Å²) in [5.41, 5.74) is 0.109. The predicted molar refractivity (Wildman–Crippen MR) is 28.6 cm³/mol. The Morgan fingerprint density at radius 1 is 1.60 bits per heavy atom. The van der Waals surface area contributed by atoms with E-state index in [1.54, 1.807) is 6.07 Å². The molecule has 4 heteroatoms. The predicted octanol–water partition coefficient (Wildman–Crippen LogP) is -0.557. The van der Waals surface area contributed by atoms with Crippen LogP contribution in [-0.4, -0.2) is 11.0 Å². The summed E-state index contributed by atoms with van der Waals surface area (Å²) in [4.78, 5) is 13.6. The molecule has 0 radical (unpaired) electrons. The Kier molecular flexibility index (Phi) is 3.95. The average Bonchev–Trinajstić information content (AvgIpc) is 1.90. The van der Waals surface area contributed by atoms with E-state index in [4.69, 9.17) is 0 Å². The van der Waals surface area contributed by atoms with E-state index in [9.17, 15) is 9.90 Å². The molecule has 0 N–H and O–H groups in total. The van der Waals surface area contributed by atoms with Crippen molar-refractivity contribution in [1.29, 1.82) is 0 Å². The number of carboxylic acids is 1. The van der Waals surface area contributed by atoms with Crippen LogP contribution >= 0.6 is 0 Å². The quantitative estimate of drug-likeness (QED) is 0.607. The molecule has 10 heavy (non-hydrogen) atoms. The topological polar surface area (TPSA) is 53.0 Å². The molecule has 1 aromatic heterocycles. The van der Waals surface area contributed by atoms with E-state index in [1.807, 2.05) is 0 Å². The van der Waals surface area contributed by atoms with E-state index in [1.165, 1.54) is 18.5 Å². The molecule has 0 atom stereocenters. The summed E-state index contributed by atoms with van der Waals surface area (Å²) in [5, 5.41) is 10.0. The molecular formula is C6H4AgNO2. The van der Waals surface area contributed by atoms with Crippen molar-refractivity contribution in [2.75, 3.05) is 0 Å². The third kappa shape index (κ3) is 2.31. The van der Waals surface area contributed by atoms with Crippen LogP contribution in [0, 0.1) is 0 Å². The molecule has 0 aromatic carbocycles. The van der Waals surface area contributed by atoms with Gasteiger partial charge in [-0.3, -0.25) is 4.98 Å². The first-order chi connectivity index (χ1) is 4.30. The van der Waals surface area contributed by atoms with Crippen LogP contribution in [0.4, 0.5) is 0 Å². The fraction of sp³-hybridized carbons (Fsp3) is 0. The molecule has 0 saturated carbocycles. The molecule has 0 fully saturated rings. The van der Waals surface area contributed by atoms with Gasteiger partial charge in [0, 0.05) is 18.0 Å². The summed E-state index contributed by atoms with van der Waals surface area (Å²) in [7, 11) is 0. The van der Waals surface area contributed by atoms with Gasteiger partial charge in [-0.15, -0.1) is 0 Å². The van der Waals surface area contributed by atoms with Crippen molar-refractivity contribution >= 4 is 5.97 Å². The fourth-order valence-corrected chi connectivity index (χ4v) is 0.484. The zero-order chi connectivity index (χ0) is 6.69. The van der Waals surface area contributed by atoms with Crippen molar-refractivity contribution in [1.82, 2.24) is 4.98 Å².